The standard InChI is InChI=1S/C4H6.W/c1-3-4-2;/h1,4H,2-3H2;. The molecule has 0 saturated heterocycles. The third-order valence-electron chi connectivity index (χ3n) is 0.263. The Morgan fingerprint density at radius 2 is 2.40 bits per heavy atom. The topological polar surface area (TPSA) is 0 Å². The van der Waals surface area contributed by atoms with Crippen LogP contribution < -0.4 is 0 Å². The van der Waals surface area contributed by atoms with Crippen molar-refractivity contribution in [3.8, 4) is 0 Å². The zero-order chi connectivity index (χ0) is 4.12. The van der Waals surface area contributed by atoms with E-state index in [-0.39, 0.29) is 0 Å². The van der Waals surface area contributed by atoms with Crippen LogP contribution in [0.1, 0.15) is 6.42 Å². The first-order chi connectivity index (χ1) is 2.41. The fraction of sp³-hybridized carbons (Fsp3) is 0.250. The van der Waals surface area contributed by atoms with Crippen LogP contribution in [0.15, 0.2) is 12.7 Å². The summed E-state index contributed by atoms with van der Waals surface area (Å²) in [6.45, 7) is 3.53. The molecule has 0 aliphatic carbocycles. The second-order valence-corrected chi connectivity index (χ2v) is 1.89. The van der Waals surface area contributed by atoms with E-state index in [1.165, 1.54) is 19.4 Å². The van der Waals surface area contributed by atoms with Crippen LogP contribution >= 0.6 is 0 Å². The van der Waals surface area contributed by atoms with Crippen LogP contribution in [0.2, 0.25) is 0 Å². The van der Waals surface area contributed by atoms with Crippen LogP contribution in [0, 0.1) is 0 Å². The zero-order valence-corrected chi connectivity index (χ0v) is 5.91. The fourth-order valence-electron chi connectivity index (χ4n) is 0.0680. The van der Waals surface area contributed by atoms with Gasteiger partial charge in [-0.1, -0.05) is 0 Å². The molecule has 0 nitrogen and oxygen atoms in total. The van der Waals surface area contributed by atoms with Crippen molar-refractivity contribution in [3.63, 3.8) is 0 Å². The third-order valence-corrected chi connectivity index (χ3v) is 0.954. The van der Waals surface area contributed by atoms with Crippen molar-refractivity contribution < 1.29 is 19.4 Å². The second-order valence-electron chi connectivity index (χ2n) is 0.691. The van der Waals surface area contributed by atoms with Crippen LogP contribution in [0.4, 0.5) is 0 Å². The molecule has 28 valence electrons. The van der Waals surface area contributed by atoms with Gasteiger partial charge in [0.1, 0.15) is 0 Å². The average Bonchev–Trinajstić information content (AvgIpc) is 1.41. The summed E-state index contributed by atoms with van der Waals surface area (Å²) in [6, 6.07) is 0. The maximum absolute atomic E-state index is 3.53. The van der Waals surface area contributed by atoms with Crippen LogP contribution in [-0.4, -0.2) is 4.40 Å². The van der Waals surface area contributed by atoms with Gasteiger partial charge in [0.15, 0.2) is 0 Å². The average molecular weight is 238 g/mol. The molecule has 0 aromatic heterocycles. The molecule has 1 heteroatoms. The van der Waals surface area contributed by atoms with E-state index >= 15 is 0 Å². The Morgan fingerprint density at radius 1 is 1.80 bits per heavy atom. The molecule has 0 aliphatic rings. The number of hydrogen-bond donors (Lipinski definition) is 0. The van der Waals surface area contributed by atoms with Crippen LogP contribution in [0.25, 0.3) is 0 Å². The van der Waals surface area contributed by atoms with Crippen molar-refractivity contribution >= 4 is 4.40 Å². The van der Waals surface area contributed by atoms with Crippen molar-refractivity contribution in [1.82, 2.24) is 0 Å². The molecule has 0 rings (SSSR count). The number of allylic oxidation sites excluding steroid dienone is 1. The van der Waals surface area contributed by atoms with E-state index in [4.69, 9.17) is 0 Å². The molecule has 0 amide bonds. The molecule has 0 heterocycles. The molecule has 0 aromatic rings. The van der Waals surface area contributed by atoms with Gasteiger partial charge < -0.3 is 0 Å². The molecular formula is C4H6W. The van der Waals surface area contributed by atoms with Crippen LogP contribution in [-0.2, 0) is 19.4 Å². The van der Waals surface area contributed by atoms with Crippen molar-refractivity contribution in [2.24, 2.45) is 0 Å². The molecule has 5 heavy (non-hydrogen) atoms. The van der Waals surface area contributed by atoms with Gasteiger partial charge in [0.25, 0.3) is 0 Å². The summed E-state index contributed by atoms with van der Waals surface area (Å²) in [6.07, 6.45) is 2.96. The zero-order valence-electron chi connectivity index (χ0n) is 2.98. The van der Waals surface area contributed by atoms with Crippen LogP contribution in [0.5, 0.6) is 0 Å². The number of hydrogen-bond acceptors (Lipinski definition) is 0. The van der Waals surface area contributed by atoms with Gasteiger partial charge in [-0.25, -0.2) is 0 Å². The van der Waals surface area contributed by atoms with Gasteiger partial charge in [0.05, 0.1) is 0 Å². The van der Waals surface area contributed by atoms with Crippen molar-refractivity contribution in [3.05, 3.63) is 12.7 Å². The van der Waals surface area contributed by atoms with E-state index in [0.717, 1.165) is 6.42 Å². The van der Waals surface area contributed by atoms with Gasteiger partial charge in [0.2, 0.25) is 0 Å². The molecule has 0 unspecified atom stereocenters. The van der Waals surface area contributed by atoms with Gasteiger partial charge in [0, 0.05) is 0 Å². The Balaban J connectivity index is 2.65. The van der Waals surface area contributed by atoms with Crippen molar-refractivity contribution in [2.45, 2.75) is 6.42 Å². The second kappa shape index (κ2) is 4.30. The Kier molecular flexibility index (Phi) is 4.55. The molecule has 0 atom stereocenters. The molecule has 0 saturated carbocycles. The minimum atomic E-state index is 1.06. The first-order valence-corrected chi connectivity index (χ1v) is 3.15. The molecule has 0 bridgehead atoms. The molecule has 0 aliphatic heterocycles. The Bertz CT molecular complexity index is 32.9. The molecule has 0 N–H and O–H groups in total. The van der Waals surface area contributed by atoms with E-state index in [1.54, 1.807) is 0 Å². The van der Waals surface area contributed by atoms with Gasteiger partial charge in [-0.2, -0.15) is 0 Å². The van der Waals surface area contributed by atoms with Gasteiger partial charge in [-0.05, 0) is 0 Å². The summed E-state index contributed by atoms with van der Waals surface area (Å²) in [7, 11) is 0. The van der Waals surface area contributed by atoms with Gasteiger partial charge in [-0.3, -0.25) is 0 Å². The molecule has 0 aromatic carbocycles. The van der Waals surface area contributed by atoms with Crippen molar-refractivity contribution in [2.75, 3.05) is 0 Å². The monoisotopic (exact) mass is 238 g/mol. The summed E-state index contributed by atoms with van der Waals surface area (Å²) >= 11 is 1.53. The first kappa shape index (κ1) is 5.30. The van der Waals surface area contributed by atoms with E-state index in [1.807, 2.05) is 6.08 Å². The quantitative estimate of drug-likeness (QED) is 0.627. The summed E-state index contributed by atoms with van der Waals surface area (Å²) in [5.41, 5.74) is 0. The predicted molar refractivity (Wildman–Crippen MR) is 20.9 cm³/mol. The predicted octanol–water partition coefficient (Wildman–Crippen LogP) is 0.911. The molecular weight excluding hydrogens is 232 g/mol. The maximum atomic E-state index is 3.53. The Morgan fingerprint density at radius 3 is 2.40 bits per heavy atom. The third kappa shape index (κ3) is 4.30. The van der Waals surface area contributed by atoms with E-state index < -0.39 is 0 Å². The Labute approximate surface area is 43.3 Å². The summed E-state index contributed by atoms with van der Waals surface area (Å²) in [5.74, 6) is 0. The first-order valence-electron chi connectivity index (χ1n) is 1.46. The molecule has 0 spiro atoms. The Hall–Kier alpha value is 0.298. The minimum absolute atomic E-state index is 1.06. The van der Waals surface area contributed by atoms with Crippen molar-refractivity contribution in [1.29, 1.82) is 0 Å². The summed E-state index contributed by atoms with van der Waals surface area (Å²) in [5, 5.41) is 0. The summed E-state index contributed by atoms with van der Waals surface area (Å²) < 4.78 is 2.15. The SMILES string of the molecule is C=CC[CH]=[W]. The summed E-state index contributed by atoms with van der Waals surface area (Å²) in [4.78, 5) is 0. The van der Waals surface area contributed by atoms with Crippen LogP contribution in [0.3, 0.4) is 0 Å². The molecule has 0 radical (unpaired) electrons. The molecule has 0 fully saturated rings. The van der Waals surface area contributed by atoms with Gasteiger partial charge >= 0.3 is 42.8 Å². The van der Waals surface area contributed by atoms with E-state index in [9.17, 15) is 0 Å². The number of rotatable bonds is 2. The normalized spacial score (nSPS) is 6.40. The van der Waals surface area contributed by atoms with Gasteiger partial charge in [-0.15, -0.1) is 0 Å². The fourth-order valence-corrected chi connectivity index (χ4v) is 0.557. The van der Waals surface area contributed by atoms with E-state index in [0.29, 0.717) is 0 Å². The van der Waals surface area contributed by atoms with E-state index in [2.05, 4.69) is 11.0 Å².